The van der Waals surface area contributed by atoms with Crippen LogP contribution in [0.3, 0.4) is 0 Å². The summed E-state index contributed by atoms with van der Waals surface area (Å²) in [5.41, 5.74) is 0. The summed E-state index contributed by atoms with van der Waals surface area (Å²) >= 11 is 0. The second-order valence-corrected chi connectivity index (χ2v) is 5.79. The quantitative estimate of drug-likeness (QED) is 0.745. The molecule has 1 aromatic carbocycles. The highest BCUT2D eigenvalue weighted by Gasteiger charge is 2.26. The van der Waals surface area contributed by atoms with Crippen molar-refractivity contribution in [2.45, 2.75) is 24.0 Å². The number of hydrogen-bond donors (Lipinski definition) is 1. The van der Waals surface area contributed by atoms with E-state index >= 15 is 0 Å². The molecule has 0 aromatic heterocycles. The Bertz CT molecular complexity index is 474. The van der Waals surface area contributed by atoms with E-state index in [0.717, 1.165) is 25.1 Å². The molecule has 7 heteroatoms. The van der Waals surface area contributed by atoms with Crippen LogP contribution in [0.1, 0.15) is 13.3 Å². The van der Waals surface area contributed by atoms with Crippen molar-refractivity contribution >= 4 is 9.84 Å². The van der Waals surface area contributed by atoms with Crippen LogP contribution in [0.5, 0.6) is 5.75 Å². The van der Waals surface area contributed by atoms with E-state index in [1.807, 2.05) is 0 Å². The molecule has 108 valence electrons. The zero-order valence-corrected chi connectivity index (χ0v) is 11.4. The number of alkyl halides is 2. The van der Waals surface area contributed by atoms with Gasteiger partial charge in [-0.3, -0.25) is 0 Å². The normalized spacial score (nSPS) is 11.8. The smallest absolute Gasteiger partial charge is 0.341 e. The van der Waals surface area contributed by atoms with E-state index in [9.17, 15) is 17.2 Å². The molecule has 0 radical (unpaired) electrons. The van der Waals surface area contributed by atoms with E-state index in [2.05, 4.69) is 12.2 Å². The molecule has 0 bridgehead atoms. The van der Waals surface area contributed by atoms with Crippen LogP contribution in [-0.4, -0.2) is 33.9 Å². The lowest BCUT2D eigenvalue weighted by Crippen LogP contribution is -2.21. The number of sulfone groups is 1. The molecular formula is C12H17F2NO3S. The Kier molecular flexibility index (Phi) is 6.17. The molecular weight excluding hydrogens is 276 g/mol. The highest BCUT2D eigenvalue weighted by molar-refractivity contribution is 7.91. The fourth-order valence-electron chi connectivity index (χ4n) is 1.37. The number of benzene rings is 1. The van der Waals surface area contributed by atoms with E-state index in [4.69, 9.17) is 4.74 Å². The minimum absolute atomic E-state index is 0.404. The van der Waals surface area contributed by atoms with Crippen molar-refractivity contribution in [3.05, 3.63) is 24.3 Å². The number of nitrogens with one attached hydrogen (secondary N) is 1. The van der Waals surface area contributed by atoms with Crippen LogP contribution in [-0.2, 0) is 9.84 Å². The van der Waals surface area contributed by atoms with Crippen molar-refractivity contribution in [3.8, 4) is 5.75 Å². The molecule has 0 unspecified atom stereocenters. The summed E-state index contributed by atoms with van der Waals surface area (Å²) in [5.74, 6) is -2.95. The molecule has 0 aliphatic carbocycles. The molecule has 19 heavy (non-hydrogen) atoms. The van der Waals surface area contributed by atoms with Gasteiger partial charge in [0, 0.05) is 6.54 Å². The summed E-state index contributed by atoms with van der Waals surface area (Å²) in [7, 11) is -4.53. The summed E-state index contributed by atoms with van der Waals surface area (Å²) in [6, 6.07) is 4.98. The summed E-state index contributed by atoms with van der Waals surface area (Å²) in [6.07, 6.45) is 1.03. The van der Waals surface area contributed by atoms with Gasteiger partial charge in [-0.1, -0.05) is 6.92 Å². The van der Waals surface area contributed by atoms with Crippen LogP contribution in [0.4, 0.5) is 8.78 Å². The fraction of sp³-hybridized carbons (Fsp3) is 0.500. The summed E-state index contributed by atoms with van der Waals surface area (Å²) in [5, 5.41) is 3.14. The first-order valence-electron chi connectivity index (χ1n) is 5.94. The van der Waals surface area contributed by atoms with Crippen molar-refractivity contribution in [3.63, 3.8) is 0 Å². The summed E-state index contributed by atoms with van der Waals surface area (Å²) in [6.45, 7) is 4.05. The van der Waals surface area contributed by atoms with E-state index in [1.54, 1.807) is 0 Å². The van der Waals surface area contributed by atoms with Crippen LogP contribution in [0.15, 0.2) is 29.2 Å². The third-order valence-electron chi connectivity index (χ3n) is 2.36. The van der Waals surface area contributed by atoms with Crippen molar-refractivity contribution < 1.29 is 21.9 Å². The van der Waals surface area contributed by atoms with Gasteiger partial charge in [0.15, 0.2) is 0 Å². The van der Waals surface area contributed by atoms with Crippen LogP contribution in [0.25, 0.3) is 0 Å². The Morgan fingerprint density at radius 2 is 1.84 bits per heavy atom. The zero-order valence-electron chi connectivity index (χ0n) is 10.6. The molecule has 1 rings (SSSR count). The number of hydrogen-bond acceptors (Lipinski definition) is 4. The molecule has 0 aliphatic heterocycles. The van der Waals surface area contributed by atoms with Gasteiger partial charge in [0.05, 0.1) is 4.90 Å². The Morgan fingerprint density at radius 1 is 1.21 bits per heavy atom. The minimum atomic E-state index is -4.53. The van der Waals surface area contributed by atoms with Gasteiger partial charge in [0.1, 0.15) is 12.4 Å². The predicted molar refractivity (Wildman–Crippen MR) is 68.3 cm³/mol. The van der Waals surface area contributed by atoms with Crippen molar-refractivity contribution in [1.29, 1.82) is 0 Å². The predicted octanol–water partition coefficient (Wildman–Crippen LogP) is 2.06. The second-order valence-electron chi connectivity index (χ2n) is 3.88. The lowest BCUT2D eigenvalue weighted by Gasteiger charge is -2.08. The average Bonchev–Trinajstić information content (AvgIpc) is 2.39. The minimum Gasteiger partial charge on any atom is -0.492 e. The molecule has 0 atom stereocenters. The first kappa shape index (κ1) is 15.8. The van der Waals surface area contributed by atoms with Gasteiger partial charge in [0.25, 0.3) is 0 Å². The summed E-state index contributed by atoms with van der Waals surface area (Å²) in [4.78, 5) is -0.404. The lowest BCUT2D eigenvalue weighted by atomic mass is 10.3. The molecule has 0 fully saturated rings. The van der Waals surface area contributed by atoms with Crippen molar-refractivity contribution in [2.24, 2.45) is 0 Å². The maximum atomic E-state index is 12.3. The SMILES string of the molecule is CCCNCCOc1ccc(S(=O)(=O)C(F)F)cc1. The van der Waals surface area contributed by atoms with Gasteiger partial charge < -0.3 is 10.1 Å². The third kappa shape index (κ3) is 4.76. The average molecular weight is 293 g/mol. The molecule has 0 spiro atoms. The highest BCUT2D eigenvalue weighted by atomic mass is 32.2. The maximum absolute atomic E-state index is 12.3. The van der Waals surface area contributed by atoms with Crippen molar-refractivity contribution in [1.82, 2.24) is 5.32 Å². The Balaban J connectivity index is 2.53. The van der Waals surface area contributed by atoms with Crippen LogP contribution >= 0.6 is 0 Å². The van der Waals surface area contributed by atoms with Gasteiger partial charge in [-0.2, -0.15) is 8.78 Å². The first-order chi connectivity index (χ1) is 8.98. The first-order valence-corrected chi connectivity index (χ1v) is 7.48. The van der Waals surface area contributed by atoms with Crippen molar-refractivity contribution in [2.75, 3.05) is 19.7 Å². The monoisotopic (exact) mass is 293 g/mol. The van der Waals surface area contributed by atoms with E-state index in [-0.39, 0.29) is 0 Å². The zero-order chi connectivity index (χ0) is 14.3. The number of halogens is 2. The largest absolute Gasteiger partial charge is 0.492 e. The molecule has 0 amide bonds. The third-order valence-corrected chi connectivity index (χ3v) is 3.76. The summed E-state index contributed by atoms with van der Waals surface area (Å²) < 4.78 is 52.3. The second kappa shape index (κ2) is 7.40. The van der Waals surface area contributed by atoms with Gasteiger partial charge in [-0.25, -0.2) is 8.42 Å². The lowest BCUT2D eigenvalue weighted by molar-refractivity contribution is 0.234. The van der Waals surface area contributed by atoms with Gasteiger partial charge in [0.2, 0.25) is 9.84 Å². The van der Waals surface area contributed by atoms with Crippen LogP contribution in [0, 0.1) is 0 Å². The van der Waals surface area contributed by atoms with Crippen LogP contribution < -0.4 is 10.1 Å². The molecule has 1 N–H and O–H groups in total. The molecule has 0 aliphatic rings. The highest BCUT2D eigenvalue weighted by Crippen LogP contribution is 2.21. The standard InChI is InChI=1S/C12H17F2NO3S/c1-2-7-15-8-9-18-10-3-5-11(6-4-10)19(16,17)12(13)14/h3-6,12,15H,2,7-9H2,1H3. The van der Waals surface area contributed by atoms with E-state index < -0.39 is 20.5 Å². The maximum Gasteiger partial charge on any atom is 0.341 e. The Labute approximate surface area is 111 Å². The molecule has 0 heterocycles. The van der Waals surface area contributed by atoms with Gasteiger partial charge in [-0.15, -0.1) is 0 Å². The van der Waals surface area contributed by atoms with Gasteiger partial charge in [-0.05, 0) is 37.2 Å². The van der Waals surface area contributed by atoms with Crippen LogP contribution in [0.2, 0.25) is 0 Å². The van der Waals surface area contributed by atoms with E-state index in [1.165, 1.54) is 12.1 Å². The molecule has 0 saturated heterocycles. The fourth-order valence-corrected chi connectivity index (χ4v) is 2.09. The molecule has 1 aromatic rings. The Hall–Kier alpha value is -1.21. The molecule has 4 nitrogen and oxygen atoms in total. The molecule has 0 saturated carbocycles. The number of ether oxygens (including phenoxy) is 1. The number of rotatable bonds is 8. The van der Waals surface area contributed by atoms with E-state index in [0.29, 0.717) is 18.9 Å². The Morgan fingerprint density at radius 3 is 2.37 bits per heavy atom. The van der Waals surface area contributed by atoms with Gasteiger partial charge >= 0.3 is 5.76 Å². The topological polar surface area (TPSA) is 55.4 Å².